The number of nitrogens with one attached hydrogen (secondary N) is 1. The SMILES string of the molecule is CCNC1=CCC(I)CC(C)([NH2+]C)C=C1. The van der Waals surface area contributed by atoms with Gasteiger partial charge in [0.15, 0.2) is 0 Å². The van der Waals surface area contributed by atoms with Crippen LogP contribution >= 0.6 is 22.6 Å². The van der Waals surface area contributed by atoms with Gasteiger partial charge in [0.05, 0.1) is 7.05 Å². The zero-order valence-corrected chi connectivity index (χ0v) is 12.0. The minimum atomic E-state index is 0.251. The summed E-state index contributed by atoms with van der Waals surface area (Å²) in [6, 6.07) is 0. The van der Waals surface area contributed by atoms with Crippen LogP contribution in [-0.2, 0) is 0 Å². The lowest BCUT2D eigenvalue weighted by Crippen LogP contribution is -2.92. The van der Waals surface area contributed by atoms with E-state index < -0.39 is 0 Å². The van der Waals surface area contributed by atoms with E-state index in [0.29, 0.717) is 0 Å². The van der Waals surface area contributed by atoms with E-state index in [2.05, 4.69) is 72.3 Å². The summed E-state index contributed by atoms with van der Waals surface area (Å²) < 4.78 is 0.724. The Bertz CT molecular complexity index is 260. The Hall–Kier alpha value is -0.0300. The van der Waals surface area contributed by atoms with Crippen LogP contribution in [0.1, 0.15) is 26.7 Å². The molecular weight excluding hydrogens is 299 g/mol. The summed E-state index contributed by atoms with van der Waals surface area (Å²) in [5, 5.41) is 5.70. The van der Waals surface area contributed by atoms with Crippen molar-refractivity contribution in [1.82, 2.24) is 5.32 Å². The molecule has 0 amide bonds. The van der Waals surface area contributed by atoms with Gasteiger partial charge < -0.3 is 10.6 Å². The van der Waals surface area contributed by atoms with Gasteiger partial charge in [0.25, 0.3) is 0 Å². The summed E-state index contributed by atoms with van der Waals surface area (Å²) in [5.41, 5.74) is 1.52. The van der Waals surface area contributed by atoms with E-state index in [4.69, 9.17) is 0 Å². The molecule has 0 aliphatic heterocycles. The number of allylic oxidation sites excluding steroid dienone is 2. The quantitative estimate of drug-likeness (QED) is 0.600. The normalized spacial score (nSPS) is 31.7. The summed E-state index contributed by atoms with van der Waals surface area (Å²) in [7, 11) is 2.16. The van der Waals surface area contributed by atoms with Crippen molar-refractivity contribution in [2.75, 3.05) is 13.6 Å². The van der Waals surface area contributed by atoms with E-state index in [9.17, 15) is 0 Å². The lowest BCUT2D eigenvalue weighted by Gasteiger charge is -2.26. The Morgan fingerprint density at radius 2 is 2.40 bits per heavy atom. The Labute approximate surface area is 107 Å². The zero-order valence-electron chi connectivity index (χ0n) is 9.89. The van der Waals surface area contributed by atoms with E-state index in [1.165, 1.54) is 12.1 Å². The lowest BCUT2D eigenvalue weighted by atomic mass is 9.92. The monoisotopic (exact) mass is 321 g/mol. The number of nitrogens with two attached hydrogens (primary N) is 1. The van der Waals surface area contributed by atoms with Gasteiger partial charge >= 0.3 is 0 Å². The van der Waals surface area contributed by atoms with Crippen LogP contribution in [0.25, 0.3) is 0 Å². The van der Waals surface area contributed by atoms with Crippen LogP contribution in [0.2, 0.25) is 0 Å². The van der Waals surface area contributed by atoms with Gasteiger partial charge in [0.2, 0.25) is 0 Å². The predicted octanol–water partition coefficient (Wildman–Crippen LogP) is 1.59. The van der Waals surface area contributed by atoms with Gasteiger partial charge in [-0.3, -0.25) is 0 Å². The molecule has 1 aliphatic rings. The molecule has 2 atom stereocenters. The number of alkyl halides is 1. The van der Waals surface area contributed by atoms with E-state index in [-0.39, 0.29) is 5.54 Å². The Balaban J connectivity index is 2.80. The molecule has 0 fully saturated rings. The van der Waals surface area contributed by atoms with Gasteiger partial charge in [-0.2, -0.15) is 0 Å². The lowest BCUT2D eigenvalue weighted by molar-refractivity contribution is -0.688. The molecule has 86 valence electrons. The highest BCUT2D eigenvalue weighted by atomic mass is 127. The molecule has 0 saturated heterocycles. The van der Waals surface area contributed by atoms with Gasteiger partial charge in [-0.15, -0.1) is 0 Å². The van der Waals surface area contributed by atoms with Crippen molar-refractivity contribution in [3.05, 3.63) is 23.9 Å². The van der Waals surface area contributed by atoms with Crippen LogP contribution in [0, 0.1) is 0 Å². The summed E-state index contributed by atoms with van der Waals surface area (Å²) in [6.45, 7) is 5.44. The molecule has 1 aliphatic carbocycles. The van der Waals surface area contributed by atoms with Crippen LogP contribution < -0.4 is 10.6 Å². The highest BCUT2D eigenvalue weighted by molar-refractivity contribution is 14.1. The molecule has 2 unspecified atom stereocenters. The molecule has 0 bridgehead atoms. The summed E-state index contributed by atoms with van der Waals surface area (Å²) >= 11 is 2.56. The van der Waals surface area contributed by atoms with Crippen molar-refractivity contribution in [3.63, 3.8) is 0 Å². The number of halogens is 1. The maximum Gasteiger partial charge on any atom is 0.113 e. The molecule has 2 nitrogen and oxygen atoms in total. The second-order valence-electron chi connectivity index (χ2n) is 4.35. The minimum Gasteiger partial charge on any atom is -0.386 e. The molecule has 0 aromatic heterocycles. The fraction of sp³-hybridized carbons (Fsp3) is 0.667. The van der Waals surface area contributed by atoms with Gasteiger partial charge in [-0.05, 0) is 32.4 Å². The van der Waals surface area contributed by atoms with Gasteiger partial charge in [-0.1, -0.05) is 28.7 Å². The molecule has 3 N–H and O–H groups in total. The average Bonchev–Trinajstić information content (AvgIpc) is 2.20. The first kappa shape index (κ1) is 13.0. The number of hydrogen-bond donors (Lipinski definition) is 2. The minimum absolute atomic E-state index is 0.251. The summed E-state index contributed by atoms with van der Waals surface area (Å²) in [4.78, 5) is 0. The van der Waals surface area contributed by atoms with Crippen LogP contribution in [0.15, 0.2) is 23.9 Å². The number of likely N-dealkylation sites (N-methyl/N-ethyl adjacent to an activating group) is 2. The third-order valence-electron chi connectivity index (χ3n) is 2.94. The molecular formula is C12H22IN2+. The van der Waals surface area contributed by atoms with E-state index in [1.54, 1.807) is 0 Å². The average molecular weight is 321 g/mol. The van der Waals surface area contributed by atoms with Gasteiger partial charge in [0, 0.05) is 22.6 Å². The largest absolute Gasteiger partial charge is 0.386 e. The highest BCUT2D eigenvalue weighted by Gasteiger charge is 2.26. The third-order valence-corrected chi connectivity index (χ3v) is 3.89. The van der Waals surface area contributed by atoms with Crippen molar-refractivity contribution >= 4 is 22.6 Å². The smallest absolute Gasteiger partial charge is 0.113 e. The fourth-order valence-corrected chi connectivity index (χ4v) is 2.98. The van der Waals surface area contributed by atoms with Crippen molar-refractivity contribution in [1.29, 1.82) is 0 Å². The highest BCUT2D eigenvalue weighted by Crippen LogP contribution is 2.22. The van der Waals surface area contributed by atoms with Crippen LogP contribution in [0.3, 0.4) is 0 Å². The van der Waals surface area contributed by atoms with Crippen molar-refractivity contribution in [2.24, 2.45) is 0 Å². The van der Waals surface area contributed by atoms with E-state index in [1.807, 2.05) is 0 Å². The second-order valence-corrected chi connectivity index (χ2v) is 6.12. The topological polar surface area (TPSA) is 28.6 Å². The fourth-order valence-electron chi connectivity index (χ4n) is 1.78. The molecule has 0 heterocycles. The first-order valence-electron chi connectivity index (χ1n) is 5.67. The zero-order chi connectivity index (χ0) is 11.3. The Morgan fingerprint density at radius 1 is 1.67 bits per heavy atom. The first-order valence-corrected chi connectivity index (χ1v) is 6.92. The molecule has 0 spiro atoms. The molecule has 3 heteroatoms. The summed E-state index contributed by atoms with van der Waals surface area (Å²) in [5.74, 6) is 0. The van der Waals surface area contributed by atoms with Crippen LogP contribution in [-0.4, -0.2) is 23.1 Å². The molecule has 0 radical (unpaired) electrons. The Morgan fingerprint density at radius 3 is 3.00 bits per heavy atom. The number of hydrogen-bond acceptors (Lipinski definition) is 1. The standard InChI is InChI=1S/C12H21IN2/c1-4-15-11-6-5-10(13)9-12(2,14-3)8-7-11/h6-8,10,14-15H,4-5,9H2,1-3H3/p+1. The van der Waals surface area contributed by atoms with E-state index in [0.717, 1.165) is 16.9 Å². The maximum atomic E-state index is 3.39. The van der Waals surface area contributed by atoms with Crippen molar-refractivity contribution in [2.45, 2.75) is 36.2 Å². The molecule has 0 aromatic carbocycles. The van der Waals surface area contributed by atoms with Crippen LogP contribution in [0.4, 0.5) is 0 Å². The molecule has 15 heavy (non-hydrogen) atoms. The number of rotatable bonds is 3. The van der Waals surface area contributed by atoms with Crippen LogP contribution in [0.5, 0.6) is 0 Å². The third kappa shape index (κ3) is 4.15. The molecule has 1 rings (SSSR count). The first-order chi connectivity index (χ1) is 7.09. The summed E-state index contributed by atoms with van der Waals surface area (Å²) in [6.07, 6.45) is 9.26. The predicted molar refractivity (Wildman–Crippen MR) is 74.2 cm³/mol. The maximum absolute atomic E-state index is 3.39. The Kier molecular flexibility index (Phi) is 5.12. The van der Waals surface area contributed by atoms with Crippen molar-refractivity contribution in [3.8, 4) is 0 Å². The van der Waals surface area contributed by atoms with Gasteiger partial charge in [0.1, 0.15) is 5.54 Å². The van der Waals surface area contributed by atoms with E-state index >= 15 is 0 Å². The number of quaternary nitrogens is 1. The second kappa shape index (κ2) is 5.89. The molecule has 0 aromatic rings. The molecule has 0 saturated carbocycles. The van der Waals surface area contributed by atoms with Crippen molar-refractivity contribution < 1.29 is 5.32 Å². The van der Waals surface area contributed by atoms with Gasteiger partial charge in [-0.25, -0.2) is 0 Å².